The summed E-state index contributed by atoms with van der Waals surface area (Å²) in [6.07, 6.45) is 4.52. The number of fused-ring (bicyclic) bond motifs is 1. The van der Waals surface area contributed by atoms with Crippen LogP contribution in [0.4, 0.5) is 5.69 Å². The Hall–Kier alpha value is -2.64. The van der Waals surface area contributed by atoms with Crippen LogP contribution in [0.25, 0.3) is 16.7 Å². The number of nitrogens with zero attached hydrogens (tertiary/aromatic N) is 2. The molecule has 0 atom stereocenters. The molecule has 3 aromatic rings. The Morgan fingerprint density at radius 3 is 2.76 bits per heavy atom. The van der Waals surface area contributed by atoms with Gasteiger partial charge in [-0.1, -0.05) is 23.7 Å². The van der Waals surface area contributed by atoms with Gasteiger partial charge in [0.1, 0.15) is 5.70 Å². The average Bonchev–Trinajstić information content (AvgIpc) is 3.25. The molecule has 25 heavy (non-hydrogen) atoms. The van der Waals surface area contributed by atoms with Gasteiger partial charge in [0, 0.05) is 12.6 Å². The zero-order valence-electron chi connectivity index (χ0n) is 12.9. The molecule has 8 heteroatoms. The molecule has 0 fully saturated rings. The summed E-state index contributed by atoms with van der Waals surface area (Å²) in [6, 6.07) is 11.4. The van der Waals surface area contributed by atoms with Crippen molar-refractivity contribution in [3.63, 3.8) is 0 Å². The van der Waals surface area contributed by atoms with Gasteiger partial charge in [-0.25, -0.2) is 13.4 Å². The number of aromatic nitrogens is 2. The maximum Gasteiger partial charge on any atom is 0.262 e. The van der Waals surface area contributed by atoms with Crippen molar-refractivity contribution < 1.29 is 8.42 Å². The van der Waals surface area contributed by atoms with Crippen LogP contribution >= 0.6 is 11.6 Å². The van der Waals surface area contributed by atoms with Gasteiger partial charge in [-0.05, 0) is 36.4 Å². The number of H-pyrrole nitrogens is 1. The fourth-order valence-corrected chi connectivity index (χ4v) is 3.89. The number of anilines is 1. The number of aliphatic imine (C=N–C) groups is 1. The van der Waals surface area contributed by atoms with E-state index in [0.29, 0.717) is 22.1 Å². The molecule has 1 aliphatic heterocycles. The molecule has 2 N–H and O–H groups in total. The Balaban J connectivity index is 1.71. The first-order chi connectivity index (χ1) is 12.0. The lowest BCUT2D eigenvalue weighted by atomic mass is 10.3. The van der Waals surface area contributed by atoms with E-state index in [9.17, 15) is 8.42 Å². The largest absolute Gasteiger partial charge is 0.337 e. The van der Waals surface area contributed by atoms with E-state index in [-0.39, 0.29) is 4.90 Å². The van der Waals surface area contributed by atoms with Crippen molar-refractivity contribution in [1.82, 2.24) is 9.97 Å². The number of para-hydroxylation sites is 1. The molecule has 6 nitrogen and oxygen atoms in total. The molecule has 0 saturated carbocycles. The van der Waals surface area contributed by atoms with Gasteiger partial charge < -0.3 is 4.98 Å². The molecule has 2 heterocycles. The number of rotatable bonds is 4. The minimum absolute atomic E-state index is 0.113. The molecule has 0 aliphatic carbocycles. The quantitative estimate of drug-likeness (QED) is 0.729. The van der Waals surface area contributed by atoms with Gasteiger partial charge in [-0.15, -0.1) is 0 Å². The van der Waals surface area contributed by atoms with Crippen LogP contribution < -0.4 is 4.72 Å². The van der Waals surface area contributed by atoms with E-state index in [1.165, 1.54) is 12.1 Å². The number of hydrogen-bond acceptors (Lipinski definition) is 4. The molecule has 0 unspecified atom stereocenters. The van der Waals surface area contributed by atoms with Crippen LogP contribution in [0.3, 0.4) is 0 Å². The van der Waals surface area contributed by atoms with Gasteiger partial charge >= 0.3 is 0 Å². The van der Waals surface area contributed by atoms with Crippen molar-refractivity contribution in [2.24, 2.45) is 4.99 Å². The van der Waals surface area contributed by atoms with Gasteiger partial charge in [0.25, 0.3) is 10.0 Å². The van der Waals surface area contributed by atoms with Crippen LogP contribution in [0, 0.1) is 0 Å². The number of nitrogens with one attached hydrogen (secondary N) is 2. The molecule has 1 aliphatic rings. The minimum atomic E-state index is -3.77. The number of allylic oxidation sites excluding steroid dienone is 1. The number of hydrogen-bond donors (Lipinski definition) is 2. The van der Waals surface area contributed by atoms with Crippen LogP contribution in [0.1, 0.15) is 12.2 Å². The van der Waals surface area contributed by atoms with Crippen LogP contribution in [-0.4, -0.2) is 24.6 Å². The van der Waals surface area contributed by atoms with Crippen molar-refractivity contribution in [2.45, 2.75) is 11.3 Å². The molecule has 0 saturated heterocycles. The number of imidazole rings is 1. The molecular formula is C17H13ClN4O2S. The molecule has 4 rings (SSSR count). The molecule has 0 radical (unpaired) electrons. The van der Waals surface area contributed by atoms with Crippen molar-refractivity contribution in [3.05, 3.63) is 59.4 Å². The van der Waals surface area contributed by atoms with Crippen LogP contribution in [0.5, 0.6) is 0 Å². The molecular weight excluding hydrogens is 360 g/mol. The van der Waals surface area contributed by atoms with Crippen LogP contribution in [0.15, 0.2) is 58.4 Å². The molecule has 2 aromatic carbocycles. The van der Waals surface area contributed by atoms with E-state index < -0.39 is 10.0 Å². The van der Waals surface area contributed by atoms with E-state index in [1.54, 1.807) is 36.5 Å². The lowest BCUT2D eigenvalue weighted by Gasteiger charge is -2.09. The highest BCUT2D eigenvalue weighted by Gasteiger charge is 2.18. The Morgan fingerprint density at radius 1 is 1.16 bits per heavy atom. The van der Waals surface area contributed by atoms with Crippen LogP contribution in [0.2, 0.25) is 5.02 Å². The van der Waals surface area contributed by atoms with E-state index in [1.807, 2.05) is 6.08 Å². The van der Waals surface area contributed by atoms with Gasteiger partial charge in [0.05, 0.1) is 26.6 Å². The minimum Gasteiger partial charge on any atom is -0.337 e. The summed E-state index contributed by atoms with van der Waals surface area (Å²) < 4.78 is 27.7. The van der Waals surface area contributed by atoms with Gasteiger partial charge in [0.2, 0.25) is 0 Å². The Morgan fingerprint density at radius 2 is 2.00 bits per heavy atom. The lowest BCUT2D eigenvalue weighted by molar-refractivity contribution is 0.601. The first kappa shape index (κ1) is 15.9. The fraction of sp³-hybridized carbons (Fsp3) is 0.0588. The fourth-order valence-electron chi connectivity index (χ4n) is 2.55. The summed E-state index contributed by atoms with van der Waals surface area (Å²) in [5.74, 6) is 0.623. The first-order valence-electron chi connectivity index (χ1n) is 7.53. The predicted octanol–water partition coefficient (Wildman–Crippen LogP) is 3.83. The van der Waals surface area contributed by atoms with E-state index in [0.717, 1.165) is 17.6 Å². The van der Waals surface area contributed by atoms with E-state index in [4.69, 9.17) is 11.6 Å². The standard InChI is InChI=1S/C17H13ClN4O2S/c18-12-4-1-2-5-13(12)22-25(23,24)11-7-8-14-16(10-11)21-17(20-14)15-6-3-9-19-15/h1-2,4-10,22H,3H2,(H,20,21). The SMILES string of the molecule is O=S(=O)(Nc1ccccc1Cl)c1ccc2[nH]c(C3=CCC=N3)nc2c1. The average molecular weight is 373 g/mol. The number of halogens is 1. The smallest absolute Gasteiger partial charge is 0.262 e. The molecule has 0 bridgehead atoms. The highest BCUT2D eigenvalue weighted by atomic mass is 35.5. The number of benzene rings is 2. The summed E-state index contributed by atoms with van der Waals surface area (Å²) in [5, 5.41) is 0.334. The lowest BCUT2D eigenvalue weighted by Crippen LogP contribution is -2.13. The topological polar surface area (TPSA) is 87.2 Å². The highest BCUT2D eigenvalue weighted by molar-refractivity contribution is 7.92. The normalized spacial score (nSPS) is 14.0. The second kappa shape index (κ2) is 6.02. The first-order valence-corrected chi connectivity index (χ1v) is 9.39. The number of sulfonamides is 1. The second-order valence-electron chi connectivity index (χ2n) is 5.49. The van der Waals surface area contributed by atoms with Crippen molar-refractivity contribution >= 4 is 50.3 Å². The molecule has 1 aromatic heterocycles. The van der Waals surface area contributed by atoms with Crippen LogP contribution in [-0.2, 0) is 10.0 Å². The Kier molecular flexibility index (Phi) is 3.82. The zero-order chi connectivity index (χ0) is 17.4. The van der Waals surface area contributed by atoms with Gasteiger partial charge in [0.15, 0.2) is 5.82 Å². The van der Waals surface area contributed by atoms with Gasteiger partial charge in [-0.3, -0.25) is 9.71 Å². The second-order valence-corrected chi connectivity index (χ2v) is 7.58. The van der Waals surface area contributed by atoms with E-state index >= 15 is 0 Å². The molecule has 126 valence electrons. The third-order valence-corrected chi connectivity index (χ3v) is 5.47. The molecule has 0 spiro atoms. The summed E-state index contributed by atoms with van der Waals surface area (Å²) in [6.45, 7) is 0. The van der Waals surface area contributed by atoms with Crippen molar-refractivity contribution in [1.29, 1.82) is 0 Å². The number of aromatic amines is 1. The van der Waals surface area contributed by atoms with Crippen molar-refractivity contribution in [2.75, 3.05) is 4.72 Å². The Labute approximate surface area is 149 Å². The maximum absolute atomic E-state index is 12.6. The predicted molar refractivity (Wildman–Crippen MR) is 99.4 cm³/mol. The van der Waals surface area contributed by atoms with Gasteiger partial charge in [-0.2, -0.15) is 0 Å². The zero-order valence-corrected chi connectivity index (χ0v) is 14.5. The maximum atomic E-state index is 12.6. The third kappa shape index (κ3) is 3.04. The monoisotopic (exact) mass is 372 g/mol. The third-order valence-electron chi connectivity index (χ3n) is 3.77. The van der Waals surface area contributed by atoms with E-state index in [2.05, 4.69) is 19.7 Å². The molecule has 0 amide bonds. The Bertz CT molecular complexity index is 1130. The summed E-state index contributed by atoms with van der Waals surface area (Å²) in [7, 11) is -3.77. The van der Waals surface area contributed by atoms with Crippen molar-refractivity contribution in [3.8, 4) is 0 Å². The summed E-state index contributed by atoms with van der Waals surface area (Å²) >= 11 is 6.02. The summed E-state index contributed by atoms with van der Waals surface area (Å²) in [4.78, 5) is 11.9. The summed E-state index contributed by atoms with van der Waals surface area (Å²) in [5.41, 5.74) is 2.39. The highest BCUT2D eigenvalue weighted by Crippen LogP contribution is 2.26.